The highest BCUT2D eigenvalue weighted by atomic mass is 79.9. The van der Waals surface area contributed by atoms with E-state index in [0.29, 0.717) is 5.56 Å². The number of aryl methyl sites for hydroxylation is 2. The standard InChI is InChI=1S/C16H12Br2O/c17-13-6-7-14(15(18)9-13)16(19)12-5-4-10-2-1-3-11(10)8-12/h4-9H,1-3H2. The highest BCUT2D eigenvalue weighted by Crippen LogP contribution is 2.27. The van der Waals surface area contributed by atoms with E-state index in [1.165, 1.54) is 17.5 Å². The van der Waals surface area contributed by atoms with Crippen LogP contribution in [0.2, 0.25) is 0 Å². The minimum atomic E-state index is 0.0778. The summed E-state index contributed by atoms with van der Waals surface area (Å²) in [6.07, 6.45) is 3.44. The molecule has 0 heterocycles. The van der Waals surface area contributed by atoms with E-state index >= 15 is 0 Å². The van der Waals surface area contributed by atoms with Crippen LogP contribution < -0.4 is 0 Å². The van der Waals surface area contributed by atoms with Crippen molar-refractivity contribution in [3.8, 4) is 0 Å². The highest BCUT2D eigenvalue weighted by Gasteiger charge is 2.16. The normalized spacial score (nSPS) is 13.4. The Hall–Kier alpha value is -0.930. The molecule has 3 rings (SSSR count). The Balaban J connectivity index is 2.00. The van der Waals surface area contributed by atoms with E-state index in [2.05, 4.69) is 44.0 Å². The Labute approximate surface area is 129 Å². The van der Waals surface area contributed by atoms with Gasteiger partial charge in [-0.1, -0.05) is 28.1 Å². The molecule has 0 aromatic heterocycles. The molecule has 2 aromatic carbocycles. The van der Waals surface area contributed by atoms with Crippen LogP contribution in [0.3, 0.4) is 0 Å². The lowest BCUT2D eigenvalue weighted by Crippen LogP contribution is -2.03. The lowest BCUT2D eigenvalue weighted by atomic mass is 9.99. The molecular weight excluding hydrogens is 368 g/mol. The predicted molar refractivity (Wildman–Crippen MR) is 83.7 cm³/mol. The van der Waals surface area contributed by atoms with Crippen LogP contribution in [0.4, 0.5) is 0 Å². The van der Waals surface area contributed by atoms with Gasteiger partial charge in [-0.3, -0.25) is 4.79 Å². The van der Waals surface area contributed by atoms with Gasteiger partial charge in [0.2, 0.25) is 0 Å². The van der Waals surface area contributed by atoms with Gasteiger partial charge in [-0.2, -0.15) is 0 Å². The molecule has 1 nitrogen and oxygen atoms in total. The first-order chi connectivity index (χ1) is 9.15. The van der Waals surface area contributed by atoms with E-state index in [9.17, 15) is 4.79 Å². The maximum absolute atomic E-state index is 12.5. The number of halogens is 2. The van der Waals surface area contributed by atoms with Gasteiger partial charge in [-0.25, -0.2) is 0 Å². The quantitative estimate of drug-likeness (QED) is 0.676. The minimum absolute atomic E-state index is 0.0778. The summed E-state index contributed by atoms with van der Waals surface area (Å²) in [5.74, 6) is 0.0778. The second-order valence-electron chi connectivity index (χ2n) is 4.79. The van der Waals surface area contributed by atoms with Gasteiger partial charge in [-0.15, -0.1) is 0 Å². The number of fused-ring (bicyclic) bond motifs is 1. The smallest absolute Gasteiger partial charge is 0.194 e. The maximum Gasteiger partial charge on any atom is 0.194 e. The zero-order chi connectivity index (χ0) is 13.4. The monoisotopic (exact) mass is 378 g/mol. The van der Waals surface area contributed by atoms with Gasteiger partial charge >= 0.3 is 0 Å². The number of carbonyl (C=O) groups is 1. The molecule has 0 aliphatic heterocycles. The van der Waals surface area contributed by atoms with Gasteiger partial charge < -0.3 is 0 Å². The number of carbonyl (C=O) groups excluding carboxylic acids is 1. The first-order valence-corrected chi connectivity index (χ1v) is 7.85. The first kappa shape index (κ1) is 13.1. The molecule has 1 aliphatic carbocycles. The van der Waals surface area contributed by atoms with Crippen molar-refractivity contribution >= 4 is 37.6 Å². The molecule has 1 aliphatic rings. The molecular formula is C16H12Br2O. The van der Waals surface area contributed by atoms with Crippen LogP contribution in [-0.2, 0) is 12.8 Å². The fourth-order valence-corrected chi connectivity index (χ4v) is 3.77. The molecule has 0 radical (unpaired) electrons. The molecule has 19 heavy (non-hydrogen) atoms. The second kappa shape index (κ2) is 5.22. The number of ketones is 1. The van der Waals surface area contributed by atoms with E-state index < -0.39 is 0 Å². The van der Waals surface area contributed by atoms with Crippen LogP contribution in [0, 0.1) is 0 Å². The molecule has 0 unspecified atom stereocenters. The zero-order valence-corrected chi connectivity index (χ0v) is 13.4. The van der Waals surface area contributed by atoms with Crippen molar-refractivity contribution in [2.24, 2.45) is 0 Å². The summed E-state index contributed by atoms with van der Waals surface area (Å²) in [6, 6.07) is 11.7. The van der Waals surface area contributed by atoms with Crippen molar-refractivity contribution in [2.75, 3.05) is 0 Å². The van der Waals surface area contributed by atoms with E-state index in [1.54, 1.807) is 0 Å². The number of rotatable bonds is 2. The van der Waals surface area contributed by atoms with Crippen molar-refractivity contribution in [3.05, 3.63) is 67.6 Å². The average Bonchev–Trinajstić information content (AvgIpc) is 2.85. The predicted octanol–water partition coefficient (Wildman–Crippen LogP) is 4.93. The molecule has 96 valence electrons. The maximum atomic E-state index is 12.5. The van der Waals surface area contributed by atoms with E-state index in [0.717, 1.165) is 27.4 Å². The molecule has 0 N–H and O–H groups in total. The van der Waals surface area contributed by atoms with Crippen molar-refractivity contribution < 1.29 is 4.79 Å². The van der Waals surface area contributed by atoms with Gasteiger partial charge in [0, 0.05) is 20.1 Å². The lowest BCUT2D eigenvalue weighted by molar-refractivity contribution is 0.103. The molecule has 2 aromatic rings. The average molecular weight is 380 g/mol. The third-order valence-corrected chi connectivity index (χ3v) is 4.69. The van der Waals surface area contributed by atoms with Gasteiger partial charge in [0.1, 0.15) is 0 Å². The summed E-state index contributed by atoms with van der Waals surface area (Å²) in [4.78, 5) is 12.5. The zero-order valence-electron chi connectivity index (χ0n) is 10.2. The fraction of sp³-hybridized carbons (Fsp3) is 0.188. The lowest BCUT2D eigenvalue weighted by Gasteiger charge is -2.06. The Kier molecular flexibility index (Phi) is 3.59. The Morgan fingerprint density at radius 2 is 1.74 bits per heavy atom. The summed E-state index contributed by atoms with van der Waals surface area (Å²) in [7, 11) is 0. The Morgan fingerprint density at radius 3 is 2.53 bits per heavy atom. The van der Waals surface area contributed by atoms with Gasteiger partial charge in [0.15, 0.2) is 5.78 Å². The summed E-state index contributed by atoms with van der Waals surface area (Å²) >= 11 is 6.86. The van der Waals surface area contributed by atoms with Crippen molar-refractivity contribution in [1.29, 1.82) is 0 Å². The van der Waals surface area contributed by atoms with Crippen molar-refractivity contribution in [2.45, 2.75) is 19.3 Å². The van der Waals surface area contributed by atoms with Crippen LogP contribution >= 0.6 is 31.9 Å². The number of hydrogen-bond acceptors (Lipinski definition) is 1. The molecule has 0 saturated heterocycles. The molecule has 0 bridgehead atoms. The van der Waals surface area contributed by atoms with E-state index in [1.807, 2.05) is 24.3 Å². The summed E-state index contributed by atoms with van der Waals surface area (Å²) in [6.45, 7) is 0. The highest BCUT2D eigenvalue weighted by molar-refractivity contribution is 9.11. The molecule has 0 fully saturated rings. The van der Waals surface area contributed by atoms with Gasteiger partial charge in [0.05, 0.1) is 0 Å². The van der Waals surface area contributed by atoms with Crippen LogP contribution in [0.15, 0.2) is 45.3 Å². The largest absolute Gasteiger partial charge is 0.289 e. The van der Waals surface area contributed by atoms with E-state index in [-0.39, 0.29) is 5.78 Å². The Bertz CT molecular complexity index is 662. The molecule has 0 amide bonds. The first-order valence-electron chi connectivity index (χ1n) is 6.27. The SMILES string of the molecule is O=C(c1ccc2c(c1)CCC2)c1ccc(Br)cc1Br. The minimum Gasteiger partial charge on any atom is -0.289 e. The topological polar surface area (TPSA) is 17.1 Å². The van der Waals surface area contributed by atoms with Crippen molar-refractivity contribution in [3.63, 3.8) is 0 Å². The molecule has 0 spiro atoms. The Morgan fingerprint density at radius 1 is 0.947 bits per heavy atom. The van der Waals surface area contributed by atoms with Crippen molar-refractivity contribution in [1.82, 2.24) is 0 Å². The summed E-state index contributed by atoms with van der Waals surface area (Å²) in [5.41, 5.74) is 4.22. The van der Waals surface area contributed by atoms with Crippen LogP contribution in [0.1, 0.15) is 33.5 Å². The second-order valence-corrected chi connectivity index (χ2v) is 6.56. The third-order valence-electron chi connectivity index (χ3n) is 3.54. The van der Waals surface area contributed by atoms with Crippen LogP contribution in [-0.4, -0.2) is 5.78 Å². The molecule has 0 atom stereocenters. The summed E-state index contributed by atoms with van der Waals surface area (Å²) in [5, 5.41) is 0. The van der Waals surface area contributed by atoms with Crippen LogP contribution in [0.5, 0.6) is 0 Å². The third kappa shape index (κ3) is 2.54. The van der Waals surface area contributed by atoms with Gasteiger partial charge in [0.25, 0.3) is 0 Å². The molecule has 3 heteroatoms. The van der Waals surface area contributed by atoms with Gasteiger partial charge in [-0.05, 0) is 70.6 Å². The fourth-order valence-electron chi connectivity index (χ4n) is 2.54. The van der Waals surface area contributed by atoms with E-state index in [4.69, 9.17) is 0 Å². The molecule has 0 saturated carbocycles. The van der Waals surface area contributed by atoms with Crippen LogP contribution in [0.25, 0.3) is 0 Å². The number of hydrogen-bond donors (Lipinski definition) is 0. The summed E-state index contributed by atoms with van der Waals surface area (Å²) < 4.78 is 1.79. The number of benzene rings is 2.